The van der Waals surface area contributed by atoms with E-state index in [-0.39, 0.29) is 5.91 Å². The van der Waals surface area contributed by atoms with Gasteiger partial charge in [0.15, 0.2) is 0 Å². The minimum atomic E-state index is -0.155. The maximum atomic E-state index is 12.2. The number of hydrogen-bond donors (Lipinski definition) is 2. The molecule has 0 spiro atoms. The predicted octanol–water partition coefficient (Wildman–Crippen LogP) is 2.58. The van der Waals surface area contributed by atoms with Crippen LogP contribution in [0.4, 0.5) is 5.69 Å². The zero-order valence-corrected chi connectivity index (χ0v) is 11.4. The van der Waals surface area contributed by atoms with Gasteiger partial charge in [0, 0.05) is 12.1 Å². The highest BCUT2D eigenvalue weighted by molar-refractivity contribution is 6.05. The molecular weight excluding hydrogens is 252 g/mol. The summed E-state index contributed by atoms with van der Waals surface area (Å²) in [7, 11) is 0. The van der Waals surface area contributed by atoms with Crippen LogP contribution >= 0.6 is 0 Å². The van der Waals surface area contributed by atoms with Crippen LogP contribution in [0.1, 0.15) is 15.9 Å². The van der Waals surface area contributed by atoms with E-state index in [0.29, 0.717) is 30.2 Å². The standard InChI is InChI=1S/C16H18N2O2/c1-12-5-4-6-13(11-12)16(19)18-14-7-2-3-8-15(14)20-10-9-17/h2-8,11H,9-10,17H2,1H3,(H,18,19). The van der Waals surface area contributed by atoms with Crippen molar-refractivity contribution in [3.8, 4) is 5.75 Å². The molecule has 0 bridgehead atoms. The maximum absolute atomic E-state index is 12.2. The van der Waals surface area contributed by atoms with E-state index in [2.05, 4.69) is 5.32 Å². The van der Waals surface area contributed by atoms with Crippen LogP contribution < -0.4 is 15.8 Å². The lowest BCUT2D eigenvalue weighted by molar-refractivity contribution is 0.102. The van der Waals surface area contributed by atoms with Crippen molar-refractivity contribution in [3.63, 3.8) is 0 Å². The number of para-hydroxylation sites is 2. The third-order valence-electron chi connectivity index (χ3n) is 2.79. The van der Waals surface area contributed by atoms with Gasteiger partial charge in [-0.25, -0.2) is 0 Å². The summed E-state index contributed by atoms with van der Waals surface area (Å²) >= 11 is 0. The van der Waals surface area contributed by atoms with Crippen molar-refractivity contribution in [2.24, 2.45) is 5.73 Å². The van der Waals surface area contributed by atoms with E-state index >= 15 is 0 Å². The van der Waals surface area contributed by atoms with Crippen molar-refractivity contribution < 1.29 is 9.53 Å². The second kappa shape index (κ2) is 6.73. The smallest absolute Gasteiger partial charge is 0.255 e. The lowest BCUT2D eigenvalue weighted by Gasteiger charge is -2.12. The summed E-state index contributed by atoms with van der Waals surface area (Å²) in [5, 5.41) is 2.86. The highest BCUT2D eigenvalue weighted by Crippen LogP contribution is 2.24. The van der Waals surface area contributed by atoms with Gasteiger partial charge in [0.2, 0.25) is 0 Å². The molecule has 0 aromatic heterocycles. The summed E-state index contributed by atoms with van der Waals surface area (Å²) in [4.78, 5) is 12.2. The second-order valence-electron chi connectivity index (χ2n) is 4.46. The van der Waals surface area contributed by atoms with Crippen molar-refractivity contribution in [3.05, 3.63) is 59.7 Å². The first-order chi connectivity index (χ1) is 9.70. The fraction of sp³-hybridized carbons (Fsp3) is 0.188. The van der Waals surface area contributed by atoms with Crippen LogP contribution in [0.3, 0.4) is 0 Å². The Balaban J connectivity index is 2.15. The Morgan fingerprint density at radius 2 is 2.00 bits per heavy atom. The summed E-state index contributed by atoms with van der Waals surface area (Å²) in [6.45, 7) is 2.80. The highest BCUT2D eigenvalue weighted by atomic mass is 16.5. The Bertz CT molecular complexity index is 597. The monoisotopic (exact) mass is 270 g/mol. The largest absolute Gasteiger partial charge is 0.490 e. The number of nitrogens with one attached hydrogen (secondary N) is 1. The first kappa shape index (κ1) is 14.1. The number of nitrogens with two attached hydrogens (primary N) is 1. The van der Waals surface area contributed by atoms with Gasteiger partial charge in [-0.1, -0.05) is 29.8 Å². The zero-order chi connectivity index (χ0) is 14.4. The van der Waals surface area contributed by atoms with Gasteiger partial charge >= 0.3 is 0 Å². The van der Waals surface area contributed by atoms with E-state index < -0.39 is 0 Å². The Kier molecular flexibility index (Phi) is 4.74. The number of carbonyl (C=O) groups is 1. The Morgan fingerprint density at radius 3 is 2.75 bits per heavy atom. The van der Waals surface area contributed by atoms with E-state index in [1.807, 2.05) is 43.3 Å². The van der Waals surface area contributed by atoms with Gasteiger partial charge in [-0.3, -0.25) is 4.79 Å². The number of carbonyl (C=O) groups excluding carboxylic acids is 1. The van der Waals surface area contributed by atoms with Gasteiger partial charge in [0.05, 0.1) is 5.69 Å². The van der Waals surface area contributed by atoms with Gasteiger partial charge in [-0.05, 0) is 31.2 Å². The topological polar surface area (TPSA) is 64.3 Å². The maximum Gasteiger partial charge on any atom is 0.255 e. The summed E-state index contributed by atoms with van der Waals surface area (Å²) < 4.78 is 5.51. The van der Waals surface area contributed by atoms with E-state index in [0.717, 1.165) is 5.56 Å². The van der Waals surface area contributed by atoms with Gasteiger partial charge < -0.3 is 15.8 Å². The number of rotatable bonds is 5. The summed E-state index contributed by atoms with van der Waals surface area (Å²) in [6.07, 6.45) is 0. The van der Waals surface area contributed by atoms with E-state index in [1.165, 1.54) is 0 Å². The molecule has 2 aromatic rings. The third kappa shape index (κ3) is 3.59. The van der Waals surface area contributed by atoms with Gasteiger partial charge in [0.25, 0.3) is 5.91 Å². The van der Waals surface area contributed by atoms with Crippen molar-refractivity contribution in [1.82, 2.24) is 0 Å². The second-order valence-corrected chi connectivity index (χ2v) is 4.46. The van der Waals surface area contributed by atoms with Gasteiger partial charge in [-0.15, -0.1) is 0 Å². The molecular formula is C16H18N2O2. The van der Waals surface area contributed by atoms with Crippen LogP contribution in [0.15, 0.2) is 48.5 Å². The molecule has 0 aliphatic rings. The Morgan fingerprint density at radius 1 is 1.20 bits per heavy atom. The molecule has 104 valence electrons. The molecule has 0 saturated carbocycles. The Hall–Kier alpha value is -2.33. The minimum Gasteiger partial charge on any atom is -0.490 e. The fourth-order valence-electron chi connectivity index (χ4n) is 1.85. The third-order valence-corrected chi connectivity index (χ3v) is 2.79. The fourth-order valence-corrected chi connectivity index (χ4v) is 1.85. The molecule has 0 aliphatic heterocycles. The van der Waals surface area contributed by atoms with Crippen LogP contribution in [0.25, 0.3) is 0 Å². The van der Waals surface area contributed by atoms with Gasteiger partial charge in [-0.2, -0.15) is 0 Å². The highest BCUT2D eigenvalue weighted by Gasteiger charge is 2.09. The molecule has 0 radical (unpaired) electrons. The first-order valence-electron chi connectivity index (χ1n) is 6.50. The molecule has 0 fully saturated rings. The zero-order valence-electron chi connectivity index (χ0n) is 11.4. The number of hydrogen-bond acceptors (Lipinski definition) is 3. The number of aryl methyl sites for hydroxylation is 1. The van der Waals surface area contributed by atoms with Crippen LogP contribution in [-0.2, 0) is 0 Å². The molecule has 2 rings (SSSR count). The molecule has 1 amide bonds. The number of benzene rings is 2. The van der Waals surface area contributed by atoms with Crippen molar-refractivity contribution in [1.29, 1.82) is 0 Å². The molecule has 2 aromatic carbocycles. The molecule has 0 aliphatic carbocycles. The molecule has 0 unspecified atom stereocenters. The lowest BCUT2D eigenvalue weighted by atomic mass is 10.1. The molecule has 20 heavy (non-hydrogen) atoms. The number of anilines is 1. The molecule has 4 nitrogen and oxygen atoms in total. The van der Waals surface area contributed by atoms with Crippen LogP contribution in [0.5, 0.6) is 5.75 Å². The normalized spacial score (nSPS) is 10.1. The molecule has 3 N–H and O–H groups in total. The van der Waals surface area contributed by atoms with Crippen molar-refractivity contribution in [2.45, 2.75) is 6.92 Å². The first-order valence-corrected chi connectivity index (χ1v) is 6.50. The number of ether oxygens (including phenoxy) is 1. The summed E-state index contributed by atoms with van der Waals surface area (Å²) in [6, 6.07) is 14.8. The summed E-state index contributed by atoms with van der Waals surface area (Å²) in [5.41, 5.74) is 7.74. The summed E-state index contributed by atoms with van der Waals surface area (Å²) in [5.74, 6) is 0.469. The quantitative estimate of drug-likeness (QED) is 0.877. The van der Waals surface area contributed by atoms with E-state index in [9.17, 15) is 4.79 Å². The average Bonchev–Trinajstić information content (AvgIpc) is 2.46. The molecule has 0 heterocycles. The van der Waals surface area contributed by atoms with E-state index in [4.69, 9.17) is 10.5 Å². The average molecular weight is 270 g/mol. The van der Waals surface area contributed by atoms with Crippen LogP contribution in [-0.4, -0.2) is 19.1 Å². The lowest BCUT2D eigenvalue weighted by Crippen LogP contribution is -2.15. The van der Waals surface area contributed by atoms with Gasteiger partial charge in [0.1, 0.15) is 12.4 Å². The molecule has 0 saturated heterocycles. The SMILES string of the molecule is Cc1cccc(C(=O)Nc2ccccc2OCCN)c1. The predicted molar refractivity (Wildman–Crippen MR) is 80.1 cm³/mol. The van der Waals surface area contributed by atoms with Crippen molar-refractivity contribution >= 4 is 11.6 Å². The van der Waals surface area contributed by atoms with Crippen LogP contribution in [0, 0.1) is 6.92 Å². The molecule has 4 heteroatoms. The van der Waals surface area contributed by atoms with Crippen molar-refractivity contribution in [2.75, 3.05) is 18.5 Å². The van der Waals surface area contributed by atoms with E-state index in [1.54, 1.807) is 12.1 Å². The van der Waals surface area contributed by atoms with Crippen LogP contribution in [0.2, 0.25) is 0 Å². The minimum absolute atomic E-state index is 0.155. The Labute approximate surface area is 118 Å². The molecule has 0 atom stereocenters. The number of amides is 1.